The molecule has 3 aromatic rings. The van der Waals surface area contributed by atoms with Gasteiger partial charge in [0.15, 0.2) is 6.10 Å². The zero-order valence-electron chi connectivity index (χ0n) is 14.7. The van der Waals surface area contributed by atoms with E-state index in [9.17, 15) is 4.79 Å². The van der Waals surface area contributed by atoms with E-state index in [0.29, 0.717) is 22.3 Å². The lowest BCUT2D eigenvalue weighted by atomic mass is 10.3. The maximum Gasteiger partial charge on any atom is 0.261 e. The number of benzene rings is 1. The topological polar surface area (TPSA) is 64.1 Å². The van der Waals surface area contributed by atoms with Crippen molar-refractivity contribution < 1.29 is 9.53 Å². The summed E-state index contributed by atoms with van der Waals surface area (Å²) < 4.78 is 5.63. The van der Waals surface area contributed by atoms with Crippen LogP contribution in [0.5, 0.6) is 5.75 Å². The quantitative estimate of drug-likeness (QED) is 0.614. The molecule has 1 atom stereocenters. The molecule has 3 rings (SSSR count). The molecule has 2 heterocycles. The maximum absolute atomic E-state index is 12.4. The van der Waals surface area contributed by atoms with Crippen LogP contribution in [0.3, 0.4) is 0 Å². The third-order valence-electron chi connectivity index (χ3n) is 3.79. The van der Waals surface area contributed by atoms with Crippen molar-refractivity contribution in [2.24, 2.45) is 0 Å². The smallest absolute Gasteiger partial charge is 0.261 e. The molecule has 0 bridgehead atoms. The first-order chi connectivity index (χ1) is 12.9. The monoisotopic (exact) mass is 421 g/mol. The van der Waals surface area contributed by atoms with E-state index in [-0.39, 0.29) is 5.91 Å². The number of rotatable bonds is 6. The number of carbonyl (C=O) groups is 1. The van der Waals surface area contributed by atoms with Crippen molar-refractivity contribution in [1.82, 2.24) is 15.3 Å². The number of nitrogens with one attached hydrogen (secondary N) is 1. The fraction of sp³-hybridized carbons (Fsp3) is 0.211. The third kappa shape index (κ3) is 4.97. The maximum atomic E-state index is 12.4. The molecule has 0 saturated heterocycles. The van der Waals surface area contributed by atoms with Crippen LogP contribution in [0.15, 0.2) is 42.7 Å². The SMILES string of the molecule is Cc1nc(-c2cccnc2)sc1CNC(=O)C(C)Oc1ccc(Cl)cc1Cl. The van der Waals surface area contributed by atoms with E-state index < -0.39 is 6.10 Å². The molecule has 0 saturated carbocycles. The van der Waals surface area contributed by atoms with E-state index in [0.717, 1.165) is 21.1 Å². The number of aromatic nitrogens is 2. The van der Waals surface area contributed by atoms with Gasteiger partial charge in [-0.3, -0.25) is 9.78 Å². The predicted molar refractivity (Wildman–Crippen MR) is 108 cm³/mol. The Bertz CT molecular complexity index is 947. The highest BCUT2D eigenvalue weighted by molar-refractivity contribution is 7.15. The van der Waals surface area contributed by atoms with Crippen molar-refractivity contribution >= 4 is 40.4 Å². The first-order valence-electron chi connectivity index (χ1n) is 8.20. The van der Waals surface area contributed by atoms with Gasteiger partial charge in [0.1, 0.15) is 10.8 Å². The molecule has 0 spiro atoms. The van der Waals surface area contributed by atoms with Crippen LogP contribution < -0.4 is 10.1 Å². The van der Waals surface area contributed by atoms with Crippen LogP contribution in [-0.2, 0) is 11.3 Å². The summed E-state index contributed by atoms with van der Waals surface area (Å²) in [6.07, 6.45) is 2.79. The number of amides is 1. The zero-order valence-corrected chi connectivity index (χ0v) is 17.0. The van der Waals surface area contributed by atoms with Gasteiger partial charge in [-0.1, -0.05) is 23.2 Å². The van der Waals surface area contributed by atoms with Crippen LogP contribution in [0.25, 0.3) is 10.6 Å². The van der Waals surface area contributed by atoms with Gasteiger partial charge in [0, 0.05) is 27.9 Å². The number of thiazole rings is 1. The first kappa shape index (κ1) is 19.6. The minimum absolute atomic E-state index is 0.239. The molecular formula is C19H17Cl2N3O2S. The van der Waals surface area contributed by atoms with Crippen LogP contribution in [0.2, 0.25) is 10.0 Å². The molecule has 1 aromatic carbocycles. The Morgan fingerprint density at radius 3 is 2.85 bits per heavy atom. The number of nitrogens with zero attached hydrogens (tertiary/aromatic N) is 2. The normalized spacial score (nSPS) is 11.9. The van der Waals surface area contributed by atoms with Crippen molar-refractivity contribution in [2.45, 2.75) is 26.5 Å². The molecule has 0 fully saturated rings. The number of hydrogen-bond donors (Lipinski definition) is 1. The van der Waals surface area contributed by atoms with Crippen molar-refractivity contribution in [3.8, 4) is 16.3 Å². The lowest BCUT2D eigenvalue weighted by Crippen LogP contribution is -2.35. The fourth-order valence-electron chi connectivity index (χ4n) is 2.33. The minimum Gasteiger partial charge on any atom is -0.479 e. The van der Waals surface area contributed by atoms with Gasteiger partial charge in [0.25, 0.3) is 5.91 Å². The Morgan fingerprint density at radius 1 is 1.33 bits per heavy atom. The lowest BCUT2D eigenvalue weighted by Gasteiger charge is -2.15. The Labute approximate surface area is 171 Å². The summed E-state index contributed by atoms with van der Waals surface area (Å²) in [7, 11) is 0. The van der Waals surface area contributed by atoms with Crippen LogP contribution in [0, 0.1) is 6.92 Å². The molecule has 140 valence electrons. The summed E-state index contributed by atoms with van der Waals surface area (Å²) in [5.74, 6) is 0.174. The van der Waals surface area contributed by atoms with Crippen LogP contribution >= 0.6 is 34.5 Å². The Kier molecular flexibility index (Phi) is 6.31. The highest BCUT2D eigenvalue weighted by Gasteiger charge is 2.17. The molecular weight excluding hydrogens is 405 g/mol. The highest BCUT2D eigenvalue weighted by Crippen LogP contribution is 2.29. The fourth-order valence-corrected chi connectivity index (χ4v) is 3.78. The Balaban J connectivity index is 1.61. The van der Waals surface area contributed by atoms with Crippen LogP contribution in [0.4, 0.5) is 0 Å². The Morgan fingerprint density at radius 2 is 2.15 bits per heavy atom. The molecule has 2 aromatic heterocycles. The molecule has 0 aliphatic rings. The molecule has 8 heteroatoms. The van der Waals surface area contributed by atoms with Gasteiger partial charge < -0.3 is 10.1 Å². The summed E-state index contributed by atoms with van der Waals surface area (Å²) in [4.78, 5) is 22.0. The highest BCUT2D eigenvalue weighted by atomic mass is 35.5. The largest absolute Gasteiger partial charge is 0.479 e. The summed E-state index contributed by atoms with van der Waals surface area (Å²) in [6.45, 7) is 3.97. The molecule has 0 aliphatic carbocycles. The number of halogens is 2. The Hall–Kier alpha value is -2.15. The van der Waals surface area contributed by atoms with Gasteiger partial charge in [-0.05, 0) is 44.2 Å². The second-order valence-corrected chi connectivity index (χ2v) is 7.75. The number of ether oxygens (including phenoxy) is 1. The molecule has 1 unspecified atom stereocenters. The standard InChI is InChI=1S/C19H17Cl2N3O2S/c1-11-17(27-19(24-11)13-4-3-7-22-9-13)10-23-18(25)12(2)26-16-6-5-14(20)8-15(16)21/h3-9,12H,10H2,1-2H3,(H,23,25). The minimum atomic E-state index is -0.699. The predicted octanol–water partition coefficient (Wildman–Crippen LogP) is 4.90. The first-order valence-corrected chi connectivity index (χ1v) is 9.77. The van der Waals surface area contributed by atoms with Gasteiger partial charge >= 0.3 is 0 Å². The van der Waals surface area contributed by atoms with E-state index in [1.54, 1.807) is 37.5 Å². The van der Waals surface area contributed by atoms with E-state index in [4.69, 9.17) is 27.9 Å². The van der Waals surface area contributed by atoms with Gasteiger partial charge in [0.05, 0.1) is 17.3 Å². The molecule has 27 heavy (non-hydrogen) atoms. The second kappa shape index (κ2) is 8.69. The summed E-state index contributed by atoms with van der Waals surface area (Å²) in [5.41, 5.74) is 1.84. The van der Waals surface area contributed by atoms with E-state index in [2.05, 4.69) is 15.3 Å². The molecule has 5 nitrogen and oxygen atoms in total. The van der Waals surface area contributed by atoms with E-state index in [1.807, 2.05) is 19.1 Å². The van der Waals surface area contributed by atoms with Gasteiger partial charge in [-0.25, -0.2) is 4.98 Å². The van der Waals surface area contributed by atoms with Gasteiger partial charge in [-0.2, -0.15) is 0 Å². The van der Waals surface area contributed by atoms with Crippen molar-refractivity contribution in [2.75, 3.05) is 0 Å². The number of aryl methyl sites for hydroxylation is 1. The molecule has 0 aliphatic heterocycles. The van der Waals surface area contributed by atoms with Gasteiger partial charge in [0.2, 0.25) is 0 Å². The van der Waals surface area contributed by atoms with Crippen LogP contribution in [0.1, 0.15) is 17.5 Å². The third-order valence-corrected chi connectivity index (χ3v) is 5.53. The summed E-state index contributed by atoms with van der Waals surface area (Å²) >= 11 is 13.5. The van der Waals surface area contributed by atoms with Crippen molar-refractivity contribution in [3.63, 3.8) is 0 Å². The lowest BCUT2D eigenvalue weighted by molar-refractivity contribution is -0.127. The van der Waals surface area contributed by atoms with Crippen molar-refractivity contribution in [3.05, 3.63) is 63.3 Å². The zero-order chi connectivity index (χ0) is 19.4. The summed E-state index contributed by atoms with van der Waals surface area (Å²) in [5, 5.41) is 4.63. The number of hydrogen-bond acceptors (Lipinski definition) is 5. The second-order valence-electron chi connectivity index (χ2n) is 5.82. The molecule has 1 amide bonds. The summed E-state index contributed by atoms with van der Waals surface area (Å²) in [6, 6.07) is 8.70. The van der Waals surface area contributed by atoms with Crippen LogP contribution in [-0.4, -0.2) is 22.0 Å². The van der Waals surface area contributed by atoms with E-state index in [1.165, 1.54) is 11.3 Å². The number of pyridine rings is 1. The average Bonchev–Trinajstić information content (AvgIpc) is 3.03. The number of carbonyl (C=O) groups excluding carboxylic acids is 1. The molecule has 0 radical (unpaired) electrons. The average molecular weight is 422 g/mol. The van der Waals surface area contributed by atoms with Crippen molar-refractivity contribution in [1.29, 1.82) is 0 Å². The van der Waals surface area contributed by atoms with Gasteiger partial charge in [-0.15, -0.1) is 11.3 Å². The van der Waals surface area contributed by atoms with E-state index >= 15 is 0 Å². The molecule has 1 N–H and O–H groups in total.